The van der Waals surface area contributed by atoms with Crippen molar-refractivity contribution in [1.82, 2.24) is 0 Å². The summed E-state index contributed by atoms with van der Waals surface area (Å²) in [6.07, 6.45) is 4.56. The van der Waals surface area contributed by atoms with Gasteiger partial charge in [-0.05, 0) is 42.5 Å². The molecule has 1 aromatic rings. The van der Waals surface area contributed by atoms with Crippen molar-refractivity contribution in [3.8, 4) is 0 Å². The van der Waals surface area contributed by atoms with Crippen LogP contribution in [0, 0.1) is 0 Å². The van der Waals surface area contributed by atoms with Gasteiger partial charge in [0.15, 0.2) is 0 Å². The van der Waals surface area contributed by atoms with E-state index in [2.05, 4.69) is 4.74 Å². The number of rotatable bonds is 2. The Morgan fingerprint density at radius 1 is 1.41 bits per heavy atom. The van der Waals surface area contributed by atoms with E-state index in [9.17, 15) is 9.90 Å². The molecule has 1 aliphatic rings. The average molecular weight is 232 g/mol. The minimum absolute atomic E-state index is 0.296. The lowest BCUT2D eigenvalue weighted by molar-refractivity contribution is 0.0600. The van der Waals surface area contributed by atoms with Crippen molar-refractivity contribution in [2.24, 2.45) is 0 Å². The molecule has 1 atom stereocenters. The van der Waals surface area contributed by atoms with E-state index in [4.69, 9.17) is 0 Å². The molecule has 0 aliphatic heterocycles. The van der Waals surface area contributed by atoms with E-state index >= 15 is 0 Å². The maximum absolute atomic E-state index is 11.2. The van der Waals surface area contributed by atoms with Gasteiger partial charge >= 0.3 is 5.97 Å². The fraction of sp³-hybridized carbons (Fsp3) is 0.357. The van der Waals surface area contributed by atoms with Gasteiger partial charge in [0.1, 0.15) is 0 Å². The van der Waals surface area contributed by atoms with Gasteiger partial charge in [0, 0.05) is 0 Å². The quantitative estimate of drug-likeness (QED) is 0.796. The zero-order chi connectivity index (χ0) is 12.3. The van der Waals surface area contributed by atoms with Crippen LogP contribution in [0.4, 0.5) is 0 Å². The van der Waals surface area contributed by atoms with E-state index in [1.54, 1.807) is 12.1 Å². The lowest BCUT2D eigenvalue weighted by atomic mass is 10.1. The predicted molar refractivity (Wildman–Crippen MR) is 65.6 cm³/mol. The molecule has 1 N–H and O–H groups in total. The van der Waals surface area contributed by atoms with E-state index in [-0.39, 0.29) is 12.1 Å². The molecule has 0 radical (unpaired) electrons. The van der Waals surface area contributed by atoms with Gasteiger partial charge in [-0.2, -0.15) is 0 Å². The van der Waals surface area contributed by atoms with Crippen LogP contribution in [0.1, 0.15) is 35.2 Å². The summed E-state index contributed by atoms with van der Waals surface area (Å²) < 4.78 is 4.63. The first-order valence-corrected chi connectivity index (χ1v) is 5.77. The zero-order valence-corrected chi connectivity index (χ0v) is 9.85. The second-order valence-electron chi connectivity index (χ2n) is 4.24. The SMILES string of the molecule is COC(=O)c1ccc(/C=C2\CCCC2O)cc1. The average Bonchev–Trinajstić information content (AvgIpc) is 2.75. The molecular formula is C14H16O3. The third kappa shape index (κ3) is 2.74. The molecule has 1 aromatic carbocycles. The topological polar surface area (TPSA) is 46.5 Å². The molecule has 1 fully saturated rings. The Kier molecular flexibility index (Phi) is 3.59. The summed E-state index contributed by atoms with van der Waals surface area (Å²) in [5.74, 6) is -0.329. The second-order valence-corrected chi connectivity index (χ2v) is 4.24. The molecule has 1 aliphatic carbocycles. The maximum atomic E-state index is 11.2. The fourth-order valence-electron chi connectivity index (χ4n) is 2.07. The molecule has 0 saturated heterocycles. The molecule has 3 nitrogen and oxygen atoms in total. The second kappa shape index (κ2) is 5.15. The third-order valence-electron chi connectivity index (χ3n) is 3.05. The summed E-state index contributed by atoms with van der Waals surface area (Å²) in [4.78, 5) is 11.2. The molecule has 17 heavy (non-hydrogen) atoms. The van der Waals surface area contributed by atoms with Gasteiger partial charge in [-0.15, -0.1) is 0 Å². The summed E-state index contributed by atoms with van der Waals surface area (Å²) in [6.45, 7) is 0. The number of hydrogen-bond donors (Lipinski definition) is 1. The molecule has 0 bridgehead atoms. The van der Waals surface area contributed by atoms with Gasteiger partial charge < -0.3 is 9.84 Å². The maximum Gasteiger partial charge on any atom is 0.337 e. The van der Waals surface area contributed by atoms with Crippen molar-refractivity contribution >= 4 is 12.0 Å². The third-order valence-corrected chi connectivity index (χ3v) is 3.05. The molecule has 3 heteroatoms. The minimum Gasteiger partial charge on any atom is -0.465 e. The Morgan fingerprint density at radius 3 is 2.65 bits per heavy atom. The van der Waals surface area contributed by atoms with Crippen LogP contribution in [-0.4, -0.2) is 24.3 Å². The molecule has 1 unspecified atom stereocenters. The first-order valence-electron chi connectivity index (χ1n) is 5.77. The Hall–Kier alpha value is -1.61. The number of carbonyl (C=O) groups is 1. The standard InChI is InChI=1S/C14H16O3/c1-17-14(16)11-7-5-10(6-8-11)9-12-3-2-4-13(12)15/h5-9,13,15H,2-4H2,1H3/b12-9+. The first-order chi connectivity index (χ1) is 8.20. The van der Waals surface area contributed by atoms with Gasteiger partial charge in [-0.3, -0.25) is 0 Å². The number of ether oxygens (including phenoxy) is 1. The summed E-state index contributed by atoms with van der Waals surface area (Å²) in [7, 11) is 1.37. The molecular weight excluding hydrogens is 216 g/mol. The van der Waals surface area contributed by atoms with Gasteiger partial charge in [0.2, 0.25) is 0 Å². The smallest absolute Gasteiger partial charge is 0.337 e. The van der Waals surface area contributed by atoms with Gasteiger partial charge in [-0.1, -0.05) is 18.2 Å². The number of aliphatic hydroxyl groups is 1. The number of methoxy groups -OCH3 is 1. The summed E-state index contributed by atoms with van der Waals surface area (Å²) in [5, 5.41) is 9.69. The highest BCUT2D eigenvalue weighted by Gasteiger charge is 2.17. The molecule has 0 spiro atoms. The van der Waals surface area contributed by atoms with Gasteiger partial charge in [0.05, 0.1) is 18.8 Å². The monoisotopic (exact) mass is 232 g/mol. The highest BCUT2D eigenvalue weighted by atomic mass is 16.5. The Morgan fingerprint density at radius 2 is 2.12 bits per heavy atom. The van der Waals surface area contributed by atoms with Crippen LogP contribution in [0.5, 0.6) is 0 Å². The number of esters is 1. The van der Waals surface area contributed by atoms with Crippen LogP contribution < -0.4 is 0 Å². The fourth-order valence-corrected chi connectivity index (χ4v) is 2.07. The van der Waals surface area contributed by atoms with Gasteiger partial charge in [-0.25, -0.2) is 4.79 Å². The van der Waals surface area contributed by atoms with Crippen LogP contribution in [0.2, 0.25) is 0 Å². The highest BCUT2D eigenvalue weighted by Crippen LogP contribution is 2.26. The Labute approximate surface area is 101 Å². The lowest BCUT2D eigenvalue weighted by Crippen LogP contribution is -2.02. The number of benzene rings is 1. The molecule has 2 rings (SSSR count). The van der Waals surface area contributed by atoms with E-state index in [0.717, 1.165) is 30.4 Å². The predicted octanol–water partition coefficient (Wildman–Crippen LogP) is 2.40. The van der Waals surface area contributed by atoms with E-state index in [0.29, 0.717) is 5.56 Å². The van der Waals surface area contributed by atoms with E-state index < -0.39 is 0 Å². The summed E-state index contributed by atoms with van der Waals surface area (Å²) in [5.41, 5.74) is 2.63. The largest absolute Gasteiger partial charge is 0.465 e. The van der Waals surface area contributed by atoms with Crippen LogP contribution in [-0.2, 0) is 4.74 Å². The summed E-state index contributed by atoms with van der Waals surface area (Å²) in [6, 6.07) is 7.20. The molecule has 1 saturated carbocycles. The molecule has 0 heterocycles. The number of hydrogen-bond acceptors (Lipinski definition) is 3. The van der Waals surface area contributed by atoms with Crippen molar-refractivity contribution in [3.63, 3.8) is 0 Å². The van der Waals surface area contributed by atoms with Crippen molar-refractivity contribution in [2.45, 2.75) is 25.4 Å². The van der Waals surface area contributed by atoms with Crippen molar-refractivity contribution < 1.29 is 14.6 Å². The number of carbonyl (C=O) groups excluding carboxylic acids is 1. The lowest BCUT2D eigenvalue weighted by Gasteiger charge is -2.04. The number of aliphatic hydroxyl groups excluding tert-OH is 1. The highest BCUT2D eigenvalue weighted by molar-refractivity contribution is 5.89. The Bertz CT molecular complexity index is 431. The Balaban J connectivity index is 2.16. The van der Waals surface area contributed by atoms with Crippen LogP contribution >= 0.6 is 0 Å². The van der Waals surface area contributed by atoms with Crippen LogP contribution in [0.25, 0.3) is 6.08 Å². The van der Waals surface area contributed by atoms with E-state index in [1.807, 2.05) is 18.2 Å². The molecule has 90 valence electrons. The van der Waals surface area contributed by atoms with Gasteiger partial charge in [0.25, 0.3) is 0 Å². The zero-order valence-electron chi connectivity index (χ0n) is 9.85. The summed E-state index contributed by atoms with van der Waals surface area (Å²) >= 11 is 0. The van der Waals surface area contributed by atoms with Crippen molar-refractivity contribution in [1.29, 1.82) is 0 Å². The van der Waals surface area contributed by atoms with E-state index in [1.165, 1.54) is 7.11 Å². The molecule has 0 amide bonds. The normalized spacial score (nSPS) is 21.8. The van der Waals surface area contributed by atoms with Crippen molar-refractivity contribution in [2.75, 3.05) is 7.11 Å². The first kappa shape index (κ1) is 11.9. The molecule has 0 aromatic heterocycles. The van der Waals surface area contributed by atoms with Crippen LogP contribution in [0.15, 0.2) is 29.8 Å². The van der Waals surface area contributed by atoms with Crippen molar-refractivity contribution in [3.05, 3.63) is 41.0 Å². The minimum atomic E-state index is -0.329. The van der Waals surface area contributed by atoms with Crippen LogP contribution in [0.3, 0.4) is 0 Å².